The Balaban J connectivity index is 0.000000258. The average Bonchev–Trinajstić information content (AvgIpc) is 0.979. The van der Waals surface area contributed by atoms with Crippen molar-refractivity contribution in [3.8, 4) is 34.0 Å². The summed E-state index contributed by atoms with van der Waals surface area (Å²) < 4.78 is 39.7. The van der Waals surface area contributed by atoms with Crippen molar-refractivity contribution in [2.75, 3.05) is 26.4 Å². The number of rotatable bonds is 22. The second-order valence-corrected chi connectivity index (χ2v) is 32.4. The fourth-order valence-electron chi connectivity index (χ4n) is 11.3. The zero-order valence-electron chi connectivity index (χ0n) is 56.6. The van der Waals surface area contributed by atoms with Gasteiger partial charge in [0, 0.05) is 101 Å². The van der Waals surface area contributed by atoms with Crippen LogP contribution in [0.2, 0.25) is 15.1 Å². The number of hydrogen-bond acceptors (Lipinski definition) is 11. The van der Waals surface area contributed by atoms with Gasteiger partial charge in [0.15, 0.2) is 0 Å². The van der Waals surface area contributed by atoms with Crippen LogP contribution in [0.15, 0.2) is 158 Å². The number of hydrogen-bond donors (Lipinski definition) is 1. The van der Waals surface area contributed by atoms with Crippen molar-refractivity contribution < 1.29 is 42.8 Å². The Bertz CT molecular complexity index is 3570. The molecule has 0 saturated carbocycles. The quantitative estimate of drug-likeness (QED) is 0.0511. The van der Waals surface area contributed by atoms with Gasteiger partial charge in [-0.1, -0.05) is 195 Å². The number of carbonyl (C=O) groups excluding carboxylic acids is 2. The van der Waals surface area contributed by atoms with Crippen LogP contribution < -0.4 is 19.8 Å². The lowest BCUT2D eigenvalue weighted by molar-refractivity contribution is 0.0235. The summed E-state index contributed by atoms with van der Waals surface area (Å²) >= 11 is 12.8. The van der Waals surface area contributed by atoms with E-state index in [-0.39, 0.29) is 34.7 Å². The SMILES string of the molecule is C1CCOC1.CC(C)Oc1ccc(C(=O)O[C@H](CCO)Cc2ccc(-c3cn(C)c(C(C)(C)C)n3)cc2)cc1Cl.CC(C)Oc1ccc(C(=O)O[C@H](CCO[Si](c2ccccc2)(c2ccccc2)C(C)(C)C)Cc2ccc(-c3cn(C)c(C(C)(C)C)n3)cc2)cc1Cl. The van der Waals surface area contributed by atoms with Crippen molar-refractivity contribution in [2.45, 2.75) is 169 Å². The monoisotopic (exact) mass is 1310 g/mol. The number of imidazole rings is 2. The minimum absolute atomic E-state index is 0.0242. The van der Waals surface area contributed by atoms with Crippen LogP contribution in [0.4, 0.5) is 0 Å². The lowest BCUT2D eigenvalue weighted by atomic mass is 9.96. The summed E-state index contributed by atoms with van der Waals surface area (Å²) in [7, 11) is 1.27. The Labute approximate surface area is 557 Å². The van der Waals surface area contributed by atoms with Gasteiger partial charge < -0.3 is 42.4 Å². The first-order valence-electron chi connectivity index (χ1n) is 32.1. The van der Waals surface area contributed by atoms with E-state index in [1.807, 2.05) is 84.4 Å². The van der Waals surface area contributed by atoms with Crippen molar-refractivity contribution in [3.05, 3.63) is 202 Å². The van der Waals surface area contributed by atoms with E-state index >= 15 is 0 Å². The van der Waals surface area contributed by atoms with Gasteiger partial charge in [-0.25, -0.2) is 19.6 Å². The molecule has 92 heavy (non-hydrogen) atoms. The second kappa shape index (κ2) is 32.7. The lowest BCUT2D eigenvalue weighted by Gasteiger charge is -2.43. The third-order valence-electron chi connectivity index (χ3n) is 15.6. The van der Waals surface area contributed by atoms with E-state index in [1.54, 1.807) is 36.4 Å². The third-order valence-corrected chi connectivity index (χ3v) is 21.2. The van der Waals surface area contributed by atoms with E-state index in [4.69, 9.17) is 61.3 Å². The maximum atomic E-state index is 13.7. The number of ether oxygens (including phenoxy) is 5. The van der Waals surface area contributed by atoms with Crippen molar-refractivity contribution >= 4 is 53.8 Å². The van der Waals surface area contributed by atoms with Gasteiger partial charge >= 0.3 is 11.9 Å². The maximum Gasteiger partial charge on any atom is 0.338 e. The molecular weight excluding hydrogens is 1210 g/mol. The molecule has 1 fully saturated rings. The fourth-order valence-corrected chi connectivity index (χ4v) is 16.3. The highest BCUT2D eigenvalue weighted by Crippen LogP contribution is 2.38. The molecule has 16 heteroatoms. The number of halogens is 2. The van der Waals surface area contributed by atoms with E-state index in [2.05, 4.69) is 150 Å². The first-order valence-corrected chi connectivity index (χ1v) is 34.8. The molecule has 1 aliphatic rings. The van der Waals surface area contributed by atoms with E-state index in [9.17, 15) is 14.7 Å². The van der Waals surface area contributed by atoms with Gasteiger partial charge in [-0.15, -0.1) is 0 Å². The highest BCUT2D eigenvalue weighted by Gasteiger charge is 2.50. The largest absolute Gasteiger partial charge is 0.489 e. The molecule has 0 bridgehead atoms. The maximum absolute atomic E-state index is 13.7. The molecule has 1 N–H and O–H groups in total. The van der Waals surface area contributed by atoms with Crippen molar-refractivity contribution in [1.82, 2.24) is 19.1 Å². The molecule has 3 heterocycles. The van der Waals surface area contributed by atoms with E-state index < -0.39 is 32.5 Å². The molecule has 0 unspecified atom stereocenters. The minimum Gasteiger partial charge on any atom is -0.489 e. The molecule has 13 nitrogen and oxygen atoms in total. The Morgan fingerprint density at radius 3 is 1.27 bits per heavy atom. The van der Waals surface area contributed by atoms with Crippen molar-refractivity contribution in [3.63, 3.8) is 0 Å². The predicted molar refractivity (Wildman–Crippen MR) is 375 cm³/mol. The van der Waals surface area contributed by atoms with Crippen molar-refractivity contribution in [1.29, 1.82) is 0 Å². The van der Waals surface area contributed by atoms with Crippen LogP contribution in [0.1, 0.15) is 159 Å². The smallest absolute Gasteiger partial charge is 0.338 e. The highest BCUT2D eigenvalue weighted by atomic mass is 35.5. The lowest BCUT2D eigenvalue weighted by Crippen LogP contribution is -2.66. The first kappa shape index (κ1) is 72.4. The molecule has 1 aliphatic heterocycles. The average molecular weight is 1310 g/mol. The van der Waals surface area contributed by atoms with Crippen LogP contribution in [0.25, 0.3) is 22.5 Å². The summed E-state index contributed by atoms with van der Waals surface area (Å²) in [6.45, 7) is 29.8. The van der Waals surface area contributed by atoms with E-state index in [1.165, 1.54) is 23.2 Å². The van der Waals surface area contributed by atoms with Crippen LogP contribution in [0, 0.1) is 0 Å². The Morgan fingerprint density at radius 1 is 0.565 bits per heavy atom. The molecule has 6 aromatic carbocycles. The van der Waals surface area contributed by atoms with Crippen LogP contribution in [-0.4, -0.2) is 95.3 Å². The number of aromatic nitrogens is 4. The number of nitrogens with zero attached hydrogens (tertiary/aromatic N) is 4. The molecule has 2 atom stereocenters. The molecule has 0 radical (unpaired) electrons. The molecule has 9 rings (SSSR count). The van der Waals surface area contributed by atoms with E-state index in [0.29, 0.717) is 65.0 Å². The number of aliphatic hydroxyl groups is 1. The molecular formula is C76H96Cl2N4O9Si. The highest BCUT2D eigenvalue weighted by molar-refractivity contribution is 6.99. The summed E-state index contributed by atoms with van der Waals surface area (Å²) in [6, 6.07) is 47.5. The molecule has 0 amide bonds. The van der Waals surface area contributed by atoms with Gasteiger partial charge in [-0.2, -0.15) is 0 Å². The van der Waals surface area contributed by atoms with Crippen LogP contribution in [0.3, 0.4) is 0 Å². The van der Waals surface area contributed by atoms with Crippen LogP contribution >= 0.6 is 23.2 Å². The van der Waals surface area contributed by atoms with Crippen molar-refractivity contribution in [2.24, 2.45) is 14.1 Å². The molecule has 2 aromatic heterocycles. The number of aryl methyl sites for hydroxylation is 2. The van der Waals surface area contributed by atoms with Gasteiger partial charge in [-0.05, 0) is 103 Å². The summed E-state index contributed by atoms with van der Waals surface area (Å²) in [5, 5.41) is 12.5. The number of carbonyl (C=O) groups is 2. The zero-order valence-corrected chi connectivity index (χ0v) is 59.2. The summed E-state index contributed by atoms with van der Waals surface area (Å²) in [4.78, 5) is 36.2. The van der Waals surface area contributed by atoms with Gasteiger partial charge in [0.05, 0.1) is 44.8 Å². The summed E-state index contributed by atoms with van der Waals surface area (Å²) in [5.41, 5.74) is 6.58. The Morgan fingerprint density at radius 2 is 0.957 bits per heavy atom. The molecule has 0 spiro atoms. The molecule has 0 aliphatic carbocycles. The minimum atomic E-state index is -2.78. The normalized spacial score (nSPS) is 13.4. The topological polar surface area (TPSA) is 145 Å². The Hall–Kier alpha value is -7.04. The summed E-state index contributed by atoms with van der Waals surface area (Å²) in [5.74, 6) is 2.19. The number of benzene rings is 6. The Kier molecular flexibility index (Phi) is 25.7. The molecule has 492 valence electrons. The first-order chi connectivity index (χ1) is 43.6. The molecule has 8 aromatic rings. The van der Waals surface area contributed by atoms with Gasteiger partial charge in [0.2, 0.25) is 0 Å². The standard InChI is InChI=1S/C44H53ClN2O4Si.C28H35ClN2O4.C4H8O/c1-31(2)50-40-25-24-34(29-38(40)45)41(48)51-35(28-32-20-22-33(23-21-32)39-30-47(9)42(46-39)43(3,4)5)26-27-49-52(44(6,7)8,36-16-12-10-13-17-36)37-18-14-11-15-19-37;1-18(2)34-25-12-11-21(16-23(25)29)26(33)35-22(13-14-32)15-19-7-9-20(10-8-19)24-17-31(6)27(30-24)28(3,4)5;1-2-4-5-3-1/h10-25,29-31,35H,26-28H2,1-9H3;7-12,16-18,22,32H,13-15H2,1-6H3;1-4H2/t35-;22-;/m11./s1. The fraction of sp³-hybridized carbons (Fsp3) is 0.421. The van der Waals surface area contributed by atoms with Crippen LogP contribution in [-0.2, 0) is 56.4 Å². The van der Waals surface area contributed by atoms with Gasteiger partial charge in [0.1, 0.15) is 35.4 Å². The van der Waals surface area contributed by atoms with Crippen LogP contribution in [0.5, 0.6) is 11.5 Å². The van der Waals surface area contributed by atoms with Gasteiger partial charge in [0.25, 0.3) is 8.32 Å². The predicted octanol–water partition coefficient (Wildman–Crippen LogP) is 16.3. The van der Waals surface area contributed by atoms with E-state index in [0.717, 1.165) is 58.5 Å². The number of aliphatic hydroxyl groups excluding tert-OH is 1. The van der Waals surface area contributed by atoms with Gasteiger partial charge in [-0.3, -0.25) is 0 Å². The second-order valence-electron chi connectivity index (χ2n) is 27.2. The number of esters is 2. The molecule has 1 saturated heterocycles. The zero-order chi connectivity index (χ0) is 67.0. The third kappa shape index (κ3) is 20.0. The summed E-state index contributed by atoms with van der Waals surface area (Å²) in [6.07, 6.45) is 7.54.